The summed E-state index contributed by atoms with van der Waals surface area (Å²) in [5.41, 5.74) is 1.81. The van der Waals surface area contributed by atoms with Crippen molar-refractivity contribution in [3.63, 3.8) is 0 Å². The van der Waals surface area contributed by atoms with Gasteiger partial charge in [0, 0.05) is 29.1 Å². The number of Topliss-reactive ketones (excluding diaryl/α,β-unsaturated/α-hetero) is 1. The zero-order valence-electron chi connectivity index (χ0n) is 15.1. The highest BCUT2D eigenvalue weighted by atomic mass is 19.4. The Morgan fingerprint density at radius 1 is 1.19 bits per heavy atom. The van der Waals surface area contributed by atoms with Crippen LogP contribution in [0.4, 0.5) is 13.2 Å². The van der Waals surface area contributed by atoms with Crippen molar-refractivity contribution in [2.75, 3.05) is 0 Å². The van der Waals surface area contributed by atoms with Gasteiger partial charge in [-0.3, -0.25) is 4.79 Å². The highest BCUT2D eigenvalue weighted by Crippen LogP contribution is 2.31. The molecule has 2 aromatic heterocycles. The van der Waals surface area contributed by atoms with Gasteiger partial charge < -0.3 is 4.57 Å². The van der Waals surface area contributed by atoms with E-state index >= 15 is 0 Å². The average Bonchev–Trinajstić information content (AvgIpc) is 3.18. The third kappa shape index (κ3) is 3.76. The molecule has 0 radical (unpaired) electrons. The summed E-state index contributed by atoms with van der Waals surface area (Å²) in [7, 11) is 0. The van der Waals surface area contributed by atoms with Gasteiger partial charge in [0.05, 0.1) is 5.56 Å². The van der Waals surface area contributed by atoms with Crippen molar-refractivity contribution < 1.29 is 18.0 Å². The quantitative estimate of drug-likeness (QED) is 0.636. The molecule has 0 aliphatic heterocycles. The van der Waals surface area contributed by atoms with Crippen LogP contribution < -0.4 is 0 Å². The number of halogens is 3. The number of rotatable bonds is 5. The maximum absolute atomic E-state index is 12.8. The molecule has 27 heavy (non-hydrogen) atoms. The second kappa shape index (κ2) is 6.98. The van der Waals surface area contributed by atoms with E-state index in [4.69, 9.17) is 0 Å². The molecule has 0 saturated heterocycles. The van der Waals surface area contributed by atoms with Crippen molar-refractivity contribution in [3.05, 3.63) is 52.8 Å². The lowest BCUT2D eigenvalue weighted by molar-refractivity contribution is -0.137. The van der Waals surface area contributed by atoms with Crippen LogP contribution >= 0.6 is 0 Å². The SMILES string of the molecule is CCn1c(C)cc(C(=O)Cn2nnc(-c3cccc(C(F)(F)F)c3)n2)c1C. The first-order valence-electron chi connectivity index (χ1n) is 8.36. The van der Waals surface area contributed by atoms with Gasteiger partial charge in [-0.2, -0.15) is 18.0 Å². The van der Waals surface area contributed by atoms with Crippen LogP contribution in [-0.2, 0) is 19.3 Å². The Kier molecular flexibility index (Phi) is 4.86. The van der Waals surface area contributed by atoms with E-state index in [1.807, 2.05) is 31.4 Å². The summed E-state index contributed by atoms with van der Waals surface area (Å²) in [6, 6.07) is 6.49. The molecule has 0 amide bonds. The first-order valence-corrected chi connectivity index (χ1v) is 8.36. The van der Waals surface area contributed by atoms with Gasteiger partial charge in [0.1, 0.15) is 6.54 Å². The van der Waals surface area contributed by atoms with Crippen LogP contribution in [0.25, 0.3) is 11.4 Å². The molecule has 0 unspecified atom stereocenters. The summed E-state index contributed by atoms with van der Waals surface area (Å²) >= 11 is 0. The number of tetrazole rings is 1. The number of alkyl halides is 3. The van der Waals surface area contributed by atoms with Gasteiger partial charge in [0.2, 0.25) is 5.82 Å². The van der Waals surface area contributed by atoms with E-state index in [1.165, 1.54) is 12.1 Å². The minimum atomic E-state index is -4.45. The van der Waals surface area contributed by atoms with Crippen molar-refractivity contribution in [1.82, 2.24) is 24.8 Å². The number of carbonyl (C=O) groups is 1. The van der Waals surface area contributed by atoms with Gasteiger partial charge in [0.15, 0.2) is 5.78 Å². The predicted molar refractivity (Wildman–Crippen MR) is 92.2 cm³/mol. The maximum Gasteiger partial charge on any atom is 0.416 e. The van der Waals surface area contributed by atoms with Crippen LogP contribution in [0.15, 0.2) is 30.3 Å². The van der Waals surface area contributed by atoms with Crippen molar-refractivity contribution in [3.8, 4) is 11.4 Å². The second-order valence-corrected chi connectivity index (χ2v) is 6.17. The smallest absolute Gasteiger partial charge is 0.349 e. The van der Waals surface area contributed by atoms with Gasteiger partial charge in [0.25, 0.3) is 0 Å². The molecule has 0 bridgehead atoms. The van der Waals surface area contributed by atoms with Crippen LogP contribution in [0, 0.1) is 13.8 Å². The molecule has 3 aromatic rings. The fourth-order valence-corrected chi connectivity index (χ4v) is 3.04. The van der Waals surface area contributed by atoms with Crippen molar-refractivity contribution in [2.45, 2.75) is 40.0 Å². The normalized spacial score (nSPS) is 11.8. The van der Waals surface area contributed by atoms with Gasteiger partial charge in [-0.15, -0.1) is 10.2 Å². The van der Waals surface area contributed by atoms with Crippen LogP contribution in [0.2, 0.25) is 0 Å². The zero-order valence-corrected chi connectivity index (χ0v) is 15.1. The highest BCUT2D eigenvalue weighted by molar-refractivity contribution is 5.97. The first kappa shape index (κ1) is 18.8. The van der Waals surface area contributed by atoms with E-state index in [9.17, 15) is 18.0 Å². The van der Waals surface area contributed by atoms with Crippen LogP contribution in [0.5, 0.6) is 0 Å². The second-order valence-electron chi connectivity index (χ2n) is 6.17. The summed E-state index contributed by atoms with van der Waals surface area (Å²) in [6.07, 6.45) is -4.45. The molecular weight excluding hydrogens is 359 g/mol. The minimum Gasteiger partial charge on any atom is -0.349 e. The average molecular weight is 377 g/mol. The summed E-state index contributed by atoms with van der Waals surface area (Å²) in [5.74, 6) is -0.149. The number of carbonyl (C=O) groups excluding carboxylic acids is 1. The Labute approximate surface area is 153 Å². The van der Waals surface area contributed by atoms with Crippen LogP contribution in [0.3, 0.4) is 0 Å². The van der Waals surface area contributed by atoms with E-state index < -0.39 is 11.7 Å². The van der Waals surface area contributed by atoms with Crippen LogP contribution in [0.1, 0.15) is 34.2 Å². The fourth-order valence-electron chi connectivity index (χ4n) is 3.04. The first-order chi connectivity index (χ1) is 12.7. The number of aromatic nitrogens is 5. The molecule has 2 heterocycles. The number of hydrogen-bond acceptors (Lipinski definition) is 4. The highest BCUT2D eigenvalue weighted by Gasteiger charge is 2.30. The lowest BCUT2D eigenvalue weighted by Crippen LogP contribution is -2.14. The van der Waals surface area contributed by atoms with Gasteiger partial charge in [-0.1, -0.05) is 12.1 Å². The predicted octanol–water partition coefficient (Wildman–Crippen LogP) is 3.68. The van der Waals surface area contributed by atoms with E-state index in [2.05, 4.69) is 15.4 Å². The fraction of sp³-hybridized carbons (Fsp3) is 0.333. The number of ketones is 1. The monoisotopic (exact) mass is 377 g/mol. The number of hydrogen-bond donors (Lipinski definition) is 0. The third-order valence-electron chi connectivity index (χ3n) is 4.38. The number of benzene rings is 1. The Balaban J connectivity index is 1.82. The molecule has 0 N–H and O–H groups in total. The molecule has 0 aliphatic carbocycles. The molecule has 0 fully saturated rings. The lowest BCUT2D eigenvalue weighted by atomic mass is 10.1. The molecule has 0 spiro atoms. The van der Waals surface area contributed by atoms with Crippen molar-refractivity contribution in [1.29, 1.82) is 0 Å². The summed E-state index contributed by atoms with van der Waals surface area (Å²) < 4.78 is 40.5. The molecule has 0 aliphatic rings. The Bertz CT molecular complexity index is 987. The largest absolute Gasteiger partial charge is 0.416 e. The molecule has 1 aromatic carbocycles. The van der Waals surface area contributed by atoms with E-state index in [0.29, 0.717) is 5.56 Å². The Morgan fingerprint density at radius 3 is 2.56 bits per heavy atom. The zero-order chi connectivity index (χ0) is 19.8. The topological polar surface area (TPSA) is 65.6 Å². The summed E-state index contributed by atoms with van der Waals surface area (Å²) in [4.78, 5) is 13.7. The molecule has 142 valence electrons. The van der Waals surface area contributed by atoms with Crippen LogP contribution in [-0.4, -0.2) is 30.6 Å². The molecule has 0 atom stereocenters. The van der Waals surface area contributed by atoms with E-state index in [1.54, 1.807) is 0 Å². The minimum absolute atomic E-state index is 0.0351. The van der Waals surface area contributed by atoms with Gasteiger partial charge in [-0.25, -0.2) is 0 Å². The van der Waals surface area contributed by atoms with Crippen molar-refractivity contribution >= 4 is 5.78 Å². The maximum atomic E-state index is 12.8. The van der Waals surface area contributed by atoms with E-state index in [0.717, 1.165) is 34.9 Å². The summed E-state index contributed by atoms with van der Waals surface area (Å²) in [6.45, 7) is 6.40. The van der Waals surface area contributed by atoms with Crippen molar-refractivity contribution in [2.24, 2.45) is 0 Å². The van der Waals surface area contributed by atoms with Gasteiger partial charge in [-0.05, 0) is 44.2 Å². The number of aryl methyl sites for hydroxylation is 1. The standard InChI is InChI=1S/C18H18F3N5O/c1-4-25-11(2)8-15(12(25)3)16(27)10-26-23-17(22-24-26)13-6-5-7-14(9-13)18(19,20)21/h5-9H,4,10H2,1-3H3. The lowest BCUT2D eigenvalue weighted by Gasteiger charge is -2.06. The Hall–Kier alpha value is -2.97. The van der Waals surface area contributed by atoms with Gasteiger partial charge >= 0.3 is 6.18 Å². The Morgan fingerprint density at radius 2 is 1.93 bits per heavy atom. The molecule has 3 rings (SSSR count). The third-order valence-corrected chi connectivity index (χ3v) is 4.38. The molecule has 6 nitrogen and oxygen atoms in total. The molecule has 9 heteroatoms. The molecule has 0 saturated carbocycles. The molecular formula is C18H18F3N5O. The number of nitrogens with zero attached hydrogens (tertiary/aromatic N) is 5. The van der Waals surface area contributed by atoms with E-state index in [-0.39, 0.29) is 23.7 Å². The summed E-state index contributed by atoms with van der Waals surface area (Å²) in [5, 5.41) is 11.6.